The third-order valence-electron chi connectivity index (χ3n) is 5.30. The molecule has 128 valence electrons. The number of fused-ring (bicyclic) bond motifs is 1. The predicted octanol–water partition coefficient (Wildman–Crippen LogP) is 2.61. The fourth-order valence-electron chi connectivity index (χ4n) is 3.60. The SMILES string of the molecule is Cn1cc(CC(=O)N2CC(c3nc(C4CC4)no3)C2)c2ccccc21. The van der Waals surface area contributed by atoms with Gasteiger partial charge in [-0.1, -0.05) is 23.4 Å². The standard InChI is InChI=1S/C19H20N4O2/c1-22-9-13(15-4-2-3-5-16(15)22)8-17(24)23-10-14(11-23)19-20-18(21-25-19)12-6-7-12/h2-5,9,12,14H,6-8,10-11H2,1H3. The third-order valence-corrected chi connectivity index (χ3v) is 5.30. The Morgan fingerprint density at radius 1 is 1.24 bits per heavy atom. The fraction of sp³-hybridized carbons (Fsp3) is 0.421. The molecule has 5 rings (SSSR count). The van der Waals surface area contributed by atoms with Crippen LogP contribution >= 0.6 is 0 Å². The van der Waals surface area contributed by atoms with E-state index in [0.29, 0.717) is 31.3 Å². The predicted molar refractivity (Wildman–Crippen MR) is 92.2 cm³/mol. The maximum atomic E-state index is 12.6. The van der Waals surface area contributed by atoms with Crippen molar-refractivity contribution in [2.75, 3.05) is 13.1 Å². The van der Waals surface area contributed by atoms with Crippen LogP contribution in [0, 0.1) is 0 Å². The molecule has 1 aromatic carbocycles. The van der Waals surface area contributed by atoms with Crippen molar-refractivity contribution in [3.05, 3.63) is 47.7 Å². The molecular formula is C19H20N4O2. The lowest BCUT2D eigenvalue weighted by Crippen LogP contribution is -2.49. The molecule has 1 saturated carbocycles. The third kappa shape index (κ3) is 2.52. The van der Waals surface area contributed by atoms with Crippen LogP contribution in [0.5, 0.6) is 0 Å². The van der Waals surface area contributed by atoms with Crippen LogP contribution in [0.3, 0.4) is 0 Å². The Kier molecular flexibility index (Phi) is 3.20. The van der Waals surface area contributed by atoms with Crippen molar-refractivity contribution in [2.24, 2.45) is 7.05 Å². The van der Waals surface area contributed by atoms with Gasteiger partial charge in [-0.05, 0) is 24.5 Å². The average molecular weight is 336 g/mol. The Labute approximate surface area is 145 Å². The van der Waals surface area contributed by atoms with E-state index in [9.17, 15) is 4.79 Å². The molecule has 25 heavy (non-hydrogen) atoms. The number of carbonyl (C=O) groups excluding carboxylic acids is 1. The summed E-state index contributed by atoms with van der Waals surface area (Å²) in [7, 11) is 2.02. The van der Waals surface area contributed by atoms with Gasteiger partial charge in [0.2, 0.25) is 11.8 Å². The molecule has 0 N–H and O–H groups in total. The van der Waals surface area contributed by atoms with Crippen molar-refractivity contribution in [3.63, 3.8) is 0 Å². The largest absolute Gasteiger partial charge is 0.350 e. The number of benzene rings is 1. The Morgan fingerprint density at radius 2 is 2.04 bits per heavy atom. The molecule has 1 saturated heterocycles. The monoisotopic (exact) mass is 336 g/mol. The van der Waals surface area contributed by atoms with Gasteiger partial charge in [-0.2, -0.15) is 4.98 Å². The summed E-state index contributed by atoms with van der Waals surface area (Å²) in [5, 5.41) is 5.22. The van der Waals surface area contributed by atoms with Crippen LogP contribution in [0.1, 0.15) is 42.0 Å². The van der Waals surface area contributed by atoms with Crippen LogP contribution in [0.25, 0.3) is 10.9 Å². The number of hydrogen-bond donors (Lipinski definition) is 0. The molecule has 2 aliphatic rings. The van der Waals surface area contributed by atoms with Gasteiger partial charge in [-0.25, -0.2) is 0 Å². The van der Waals surface area contributed by atoms with Crippen LogP contribution < -0.4 is 0 Å². The van der Waals surface area contributed by atoms with E-state index in [1.54, 1.807) is 0 Å². The Morgan fingerprint density at radius 3 is 2.84 bits per heavy atom. The van der Waals surface area contributed by atoms with Gasteiger partial charge in [0.05, 0.1) is 12.3 Å². The summed E-state index contributed by atoms with van der Waals surface area (Å²) in [5.74, 6) is 2.39. The number of amides is 1. The maximum Gasteiger partial charge on any atom is 0.233 e. The molecular weight excluding hydrogens is 316 g/mol. The van der Waals surface area contributed by atoms with E-state index < -0.39 is 0 Å². The molecule has 1 amide bonds. The molecule has 1 aliphatic heterocycles. The molecule has 0 radical (unpaired) electrons. The van der Waals surface area contributed by atoms with E-state index in [0.717, 1.165) is 22.3 Å². The number of para-hydroxylation sites is 1. The summed E-state index contributed by atoms with van der Waals surface area (Å²) in [6.45, 7) is 1.35. The van der Waals surface area contributed by atoms with Gasteiger partial charge in [-0.3, -0.25) is 4.79 Å². The topological polar surface area (TPSA) is 64.2 Å². The lowest BCUT2D eigenvalue weighted by atomic mass is 9.98. The van der Waals surface area contributed by atoms with E-state index >= 15 is 0 Å². The van der Waals surface area contributed by atoms with Gasteiger partial charge >= 0.3 is 0 Å². The highest BCUT2D eigenvalue weighted by atomic mass is 16.5. The molecule has 2 aromatic heterocycles. The Balaban J connectivity index is 1.25. The minimum absolute atomic E-state index is 0.162. The van der Waals surface area contributed by atoms with Crippen LogP contribution in [0.4, 0.5) is 0 Å². The highest BCUT2D eigenvalue weighted by Gasteiger charge is 2.37. The molecule has 2 fully saturated rings. The molecule has 6 nitrogen and oxygen atoms in total. The molecule has 0 bridgehead atoms. The van der Waals surface area contributed by atoms with Gasteiger partial charge in [0.1, 0.15) is 0 Å². The van der Waals surface area contributed by atoms with Crippen molar-refractivity contribution >= 4 is 16.8 Å². The number of rotatable bonds is 4. The normalized spacial score (nSPS) is 17.9. The minimum atomic E-state index is 0.162. The van der Waals surface area contributed by atoms with Crippen molar-refractivity contribution < 1.29 is 9.32 Å². The molecule has 3 aromatic rings. The van der Waals surface area contributed by atoms with E-state index in [-0.39, 0.29) is 11.8 Å². The van der Waals surface area contributed by atoms with Crippen LogP contribution in [-0.2, 0) is 18.3 Å². The lowest BCUT2D eigenvalue weighted by molar-refractivity contribution is -0.135. The lowest BCUT2D eigenvalue weighted by Gasteiger charge is -2.37. The highest BCUT2D eigenvalue weighted by Crippen LogP contribution is 2.39. The smallest absolute Gasteiger partial charge is 0.233 e. The number of hydrogen-bond acceptors (Lipinski definition) is 4. The molecule has 0 unspecified atom stereocenters. The fourth-order valence-corrected chi connectivity index (χ4v) is 3.60. The average Bonchev–Trinajstić information content (AvgIpc) is 3.23. The summed E-state index contributed by atoms with van der Waals surface area (Å²) in [6, 6.07) is 8.20. The van der Waals surface area contributed by atoms with E-state index in [1.165, 1.54) is 12.8 Å². The zero-order valence-corrected chi connectivity index (χ0v) is 14.2. The summed E-state index contributed by atoms with van der Waals surface area (Å²) in [4.78, 5) is 19.0. The number of nitrogens with zero attached hydrogens (tertiary/aromatic N) is 4. The van der Waals surface area contributed by atoms with Crippen molar-refractivity contribution in [1.29, 1.82) is 0 Å². The second-order valence-electron chi connectivity index (χ2n) is 7.22. The van der Waals surface area contributed by atoms with Gasteiger partial charge in [0.25, 0.3) is 0 Å². The van der Waals surface area contributed by atoms with Crippen molar-refractivity contribution in [3.8, 4) is 0 Å². The zero-order valence-electron chi connectivity index (χ0n) is 14.2. The zero-order chi connectivity index (χ0) is 17.0. The maximum absolute atomic E-state index is 12.6. The van der Waals surface area contributed by atoms with E-state index in [1.807, 2.05) is 24.1 Å². The second-order valence-corrected chi connectivity index (χ2v) is 7.22. The van der Waals surface area contributed by atoms with Crippen LogP contribution in [-0.4, -0.2) is 38.6 Å². The summed E-state index contributed by atoms with van der Waals surface area (Å²) < 4.78 is 7.45. The molecule has 3 heterocycles. The van der Waals surface area contributed by atoms with Crippen molar-refractivity contribution in [1.82, 2.24) is 19.6 Å². The quantitative estimate of drug-likeness (QED) is 0.735. The van der Waals surface area contributed by atoms with Crippen molar-refractivity contribution in [2.45, 2.75) is 31.1 Å². The Bertz CT molecular complexity index is 947. The van der Waals surface area contributed by atoms with Crippen LogP contribution in [0.15, 0.2) is 35.0 Å². The van der Waals surface area contributed by atoms with Gasteiger partial charge in [0, 0.05) is 43.2 Å². The first-order valence-corrected chi connectivity index (χ1v) is 8.83. The van der Waals surface area contributed by atoms with Gasteiger partial charge in [0.15, 0.2) is 5.82 Å². The Hall–Kier alpha value is -2.63. The molecule has 6 heteroatoms. The minimum Gasteiger partial charge on any atom is -0.350 e. The first-order valence-electron chi connectivity index (χ1n) is 8.83. The summed E-state index contributed by atoms with van der Waals surface area (Å²) >= 11 is 0. The number of aromatic nitrogens is 3. The van der Waals surface area contributed by atoms with Crippen LogP contribution in [0.2, 0.25) is 0 Å². The van der Waals surface area contributed by atoms with Gasteiger partial charge < -0.3 is 14.0 Å². The molecule has 1 aliphatic carbocycles. The first kappa shape index (κ1) is 14.7. The van der Waals surface area contributed by atoms with Gasteiger partial charge in [-0.15, -0.1) is 0 Å². The second kappa shape index (κ2) is 5.44. The van der Waals surface area contributed by atoms with E-state index in [2.05, 4.69) is 33.0 Å². The number of likely N-dealkylation sites (tertiary alicyclic amines) is 1. The summed E-state index contributed by atoms with van der Waals surface area (Å²) in [5.41, 5.74) is 2.24. The first-order chi connectivity index (χ1) is 12.2. The molecule has 0 atom stereocenters. The number of carbonyl (C=O) groups is 1. The number of aryl methyl sites for hydroxylation is 1. The summed E-state index contributed by atoms with van der Waals surface area (Å²) in [6.07, 6.45) is 4.82. The van der Waals surface area contributed by atoms with E-state index in [4.69, 9.17) is 4.52 Å². The molecule has 0 spiro atoms. The highest BCUT2D eigenvalue weighted by molar-refractivity contribution is 5.89.